The number of amides is 1. The van der Waals surface area contributed by atoms with Crippen LogP contribution >= 0.6 is 11.3 Å². The van der Waals surface area contributed by atoms with Gasteiger partial charge in [0.2, 0.25) is 5.91 Å². The van der Waals surface area contributed by atoms with E-state index in [0.29, 0.717) is 31.2 Å². The Kier molecular flexibility index (Phi) is 7.03. The number of nitrogens with one attached hydrogen (secondary N) is 1. The third-order valence-corrected chi connectivity index (χ3v) is 4.84. The molecule has 0 saturated heterocycles. The minimum Gasteiger partial charge on any atom is -0.494 e. The first-order valence-electron chi connectivity index (χ1n) is 9.38. The maximum atomic E-state index is 12.2. The molecule has 1 aromatic heterocycles. The van der Waals surface area contributed by atoms with E-state index >= 15 is 0 Å². The molecule has 0 fully saturated rings. The fourth-order valence-corrected chi connectivity index (χ4v) is 3.45. The van der Waals surface area contributed by atoms with Crippen LogP contribution in [-0.4, -0.2) is 24.1 Å². The molecule has 0 bridgehead atoms. The molecule has 1 heterocycles. The largest absolute Gasteiger partial charge is 0.494 e. The summed E-state index contributed by atoms with van der Waals surface area (Å²) >= 11 is 1.43. The fourth-order valence-electron chi connectivity index (χ4n) is 2.71. The molecule has 0 radical (unpaired) electrons. The molecule has 146 valence electrons. The van der Waals surface area contributed by atoms with Crippen LogP contribution in [-0.2, 0) is 11.2 Å². The highest BCUT2D eigenvalue weighted by atomic mass is 32.1. The Morgan fingerprint density at radius 3 is 2.18 bits per heavy atom. The molecule has 6 heteroatoms. The number of thiazole rings is 1. The average Bonchev–Trinajstić information content (AvgIpc) is 3.17. The first-order chi connectivity index (χ1) is 13.7. The van der Waals surface area contributed by atoms with Crippen LogP contribution in [0.5, 0.6) is 11.5 Å². The van der Waals surface area contributed by atoms with Crippen molar-refractivity contribution < 1.29 is 14.3 Å². The Balaban J connectivity index is 1.52. The van der Waals surface area contributed by atoms with Gasteiger partial charge >= 0.3 is 0 Å². The molecule has 1 amide bonds. The summed E-state index contributed by atoms with van der Waals surface area (Å²) in [5.41, 5.74) is 2.94. The van der Waals surface area contributed by atoms with Gasteiger partial charge in [-0.3, -0.25) is 4.79 Å². The van der Waals surface area contributed by atoms with Crippen molar-refractivity contribution in [1.82, 2.24) is 4.98 Å². The third kappa shape index (κ3) is 5.57. The predicted octanol–water partition coefficient (Wildman–Crippen LogP) is 5.18. The zero-order valence-electron chi connectivity index (χ0n) is 16.1. The molecular weight excluding hydrogens is 372 g/mol. The maximum absolute atomic E-state index is 12.2. The van der Waals surface area contributed by atoms with E-state index in [-0.39, 0.29) is 5.91 Å². The summed E-state index contributed by atoms with van der Waals surface area (Å²) < 4.78 is 10.9. The predicted molar refractivity (Wildman–Crippen MR) is 113 cm³/mol. The number of hydrogen-bond acceptors (Lipinski definition) is 5. The van der Waals surface area contributed by atoms with E-state index in [2.05, 4.69) is 10.3 Å². The second-order valence-electron chi connectivity index (χ2n) is 6.12. The zero-order valence-corrected chi connectivity index (χ0v) is 16.9. The van der Waals surface area contributed by atoms with Gasteiger partial charge in [-0.15, -0.1) is 11.3 Å². The van der Waals surface area contributed by atoms with Crippen molar-refractivity contribution in [2.24, 2.45) is 0 Å². The molecule has 3 aromatic rings. The van der Waals surface area contributed by atoms with Crippen molar-refractivity contribution in [1.29, 1.82) is 0 Å². The first-order valence-corrected chi connectivity index (χ1v) is 10.3. The van der Waals surface area contributed by atoms with Gasteiger partial charge in [-0.05, 0) is 62.2 Å². The Labute approximate surface area is 169 Å². The van der Waals surface area contributed by atoms with Crippen LogP contribution < -0.4 is 14.8 Å². The van der Waals surface area contributed by atoms with Gasteiger partial charge in [-0.1, -0.05) is 12.1 Å². The number of hydrogen-bond donors (Lipinski definition) is 1. The second kappa shape index (κ2) is 9.90. The molecule has 0 aliphatic rings. The van der Waals surface area contributed by atoms with Crippen LogP contribution in [0, 0.1) is 0 Å². The molecule has 0 atom stereocenters. The van der Waals surface area contributed by atoms with Crippen LogP contribution in [0.2, 0.25) is 0 Å². The molecule has 0 aliphatic heterocycles. The van der Waals surface area contributed by atoms with E-state index in [1.54, 1.807) is 0 Å². The smallest absolute Gasteiger partial charge is 0.226 e. The monoisotopic (exact) mass is 396 g/mol. The summed E-state index contributed by atoms with van der Waals surface area (Å²) in [6.07, 6.45) is 1.08. The minimum atomic E-state index is -0.0403. The first kappa shape index (κ1) is 19.9. The number of anilines is 1. The van der Waals surface area contributed by atoms with Crippen LogP contribution in [0.4, 0.5) is 5.13 Å². The van der Waals surface area contributed by atoms with Gasteiger partial charge in [0.25, 0.3) is 0 Å². The molecule has 0 aliphatic carbocycles. The average molecular weight is 397 g/mol. The normalized spacial score (nSPS) is 10.5. The molecule has 0 spiro atoms. The van der Waals surface area contributed by atoms with Crippen LogP contribution in [0.1, 0.15) is 25.8 Å². The molecule has 3 rings (SSSR count). The number of aryl methyl sites for hydroxylation is 1. The Morgan fingerprint density at radius 2 is 1.57 bits per heavy atom. The summed E-state index contributed by atoms with van der Waals surface area (Å²) in [5, 5.41) is 5.44. The van der Waals surface area contributed by atoms with Gasteiger partial charge in [0, 0.05) is 17.4 Å². The Bertz CT molecular complexity index is 889. The summed E-state index contributed by atoms with van der Waals surface area (Å²) in [6, 6.07) is 15.6. The SMILES string of the molecule is CCOc1ccc(CCC(=O)Nc2nc(-c3ccc(OCC)cc3)cs2)cc1. The van der Waals surface area contributed by atoms with Crippen molar-refractivity contribution in [2.45, 2.75) is 26.7 Å². The van der Waals surface area contributed by atoms with E-state index in [9.17, 15) is 4.79 Å². The molecule has 5 nitrogen and oxygen atoms in total. The summed E-state index contributed by atoms with van der Waals surface area (Å²) in [4.78, 5) is 16.7. The lowest BCUT2D eigenvalue weighted by atomic mass is 10.1. The van der Waals surface area contributed by atoms with Gasteiger partial charge in [-0.2, -0.15) is 0 Å². The Morgan fingerprint density at radius 1 is 0.964 bits per heavy atom. The zero-order chi connectivity index (χ0) is 19.8. The highest BCUT2D eigenvalue weighted by molar-refractivity contribution is 7.14. The van der Waals surface area contributed by atoms with Gasteiger partial charge in [-0.25, -0.2) is 4.98 Å². The Hall–Kier alpha value is -2.86. The summed E-state index contributed by atoms with van der Waals surface area (Å²) in [5.74, 6) is 1.64. The van der Waals surface area contributed by atoms with E-state index in [0.717, 1.165) is 28.3 Å². The van der Waals surface area contributed by atoms with Crippen LogP contribution in [0.25, 0.3) is 11.3 Å². The number of nitrogens with zero attached hydrogens (tertiary/aromatic N) is 1. The topological polar surface area (TPSA) is 60.5 Å². The number of rotatable bonds is 9. The van der Waals surface area contributed by atoms with Gasteiger partial charge < -0.3 is 14.8 Å². The number of carbonyl (C=O) groups excluding carboxylic acids is 1. The number of ether oxygens (including phenoxy) is 2. The lowest BCUT2D eigenvalue weighted by molar-refractivity contribution is -0.116. The quantitative estimate of drug-likeness (QED) is 0.541. The van der Waals surface area contributed by atoms with E-state index in [4.69, 9.17) is 9.47 Å². The molecule has 0 saturated carbocycles. The number of benzene rings is 2. The van der Waals surface area contributed by atoms with Gasteiger partial charge in [0.05, 0.1) is 18.9 Å². The molecule has 2 aromatic carbocycles. The maximum Gasteiger partial charge on any atom is 0.226 e. The van der Waals surface area contributed by atoms with Crippen molar-refractivity contribution >= 4 is 22.4 Å². The lowest BCUT2D eigenvalue weighted by Gasteiger charge is -2.05. The standard InChI is InChI=1S/C22H24N2O3S/c1-3-26-18-10-5-16(6-11-18)7-14-21(25)24-22-23-20(15-28-22)17-8-12-19(13-9-17)27-4-2/h5-6,8-13,15H,3-4,7,14H2,1-2H3,(H,23,24,25). The van der Waals surface area contributed by atoms with Gasteiger partial charge in [0.1, 0.15) is 11.5 Å². The molecule has 1 N–H and O–H groups in total. The molecular formula is C22H24N2O3S. The van der Waals surface area contributed by atoms with Crippen LogP contribution in [0.3, 0.4) is 0 Å². The van der Waals surface area contributed by atoms with Crippen molar-refractivity contribution in [2.75, 3.05) is 18.5 Å². The van der Waals surface area contributed by atoms with E-state index in [1.165, 1.54) is 11.3 Å². The second-order valence-corrected chi connectivity index (χ2v) is 6.98. The van der Waals surface area contributed by atoms with Gasteiger partial charge in [0.15, 0.2) is 5.13 Å². The lowest BCUT2D eigenvalue weighted by Crippen LogP contribution is -2.12. The summed E-state index contributed by atoms with van der Waals surface area (Å²) in [6.45, 7) is 5.20. The van der Waals surface area contributed by atoms with Crippen molar-refractivity contribution in [3.05, 3.63) is 59.5 Å². The number of aromatic nitrogens is 1. The molecule has 28 heavy (non-hydrogen) atoms. The molecule has 0 unspecified atom stereocenters. The van der Waals surface area contributed by atoms with Crippen molar-refractivity contribution in [3.8, 4) is 22.8 Å². The fraction of sp³-hybridized carbons (Fsp3) is 0.273. The minimum absolute atomic E-state index is 0.0403. The van der Waals surface area contributed by atoms with E-state index < -0.39 is 0 Å². The van der Waals surface area contributed by atoms with Crippen LogP contribution in [0.15, 0.2) is 53.9 Å². The highest BCUT2D eigenvalue weighted by Crippen LogP contribution is 2.26. The van der Waals surface area contributed by atoms with E-state index in [1.807, 2.05) is 67.8 Å². The summed E-state index contributed by atoms with van der Waals surface area (Å²) in [7, 11) is 0. The van der Waals surface area contributed by atoms with Crippen molar-refractivity contribution in [3.63, 3.8) is 0 Å². The third-order valence-electron chi connectivity index (χ3n) is 4.09. The number of carbonyl (C=O) groups is 1. The highest BCUT2D eigenvalue weighted by Gasteiger charge is 2.09.